The van der Waals surface area contributed by atoms with Gasteiger partial charge in [0.25, 0.3) is 11.2 Å². The molecule has 0 saturated carbocycles. The fourth-order valence-corrected chi connectivity index (χ4v) is 2.15. The second-order valence-electron chi connectivity index (χ2n) is 4.13. The summed E-state index contributed by atoms with van der Waals surface area (Å²) >= 11 is 5.84. The summed E-state index contributed by atoms with van der Waals surface area (Å²) in [7, 11) is 0. The van der Waals surface area contributed by atoms with Crippen LogP contribution in [0.3, 0.4) is 0 Å². The normalized spacial score (nSPS) is 9.77. The van der Waals surface area contributed by atoms with E-state index in [1.54, 1.807) is 12.1 Å². The first-order chi connectivity index (χ1) is 10.4. The number of benzene rings is 1. The van der Waals surface area contributed by atoms with E-state index in [1.807, 2.05) is 0 Å². The molecule has 1 aromatic carbocycles. The van der Waals surface area contributed by atoms with E-state index in [2.05, 4.69) is 4.98 Å². The molecule has 0 amide bonds. The number of nitrogen functional groups attached to an aromatic ring is 1. The van der Waals surface area contributed by atoms with E-state index in [9.17, 15) is 20.2 Å². The Morgan fingerprint density at radius 1 is 1.27 bits per heavy atom. The van der Waals surface area contributed by atoms with Crippen LogP contribution in [0.15, 0.2) is 23.0 Å². The Balaban J connectivity index is 3.05. The number of nitriles is 2. The SMILES string of the molecule is N#Cc1c(N)[nH]c(=O)c(C#N)c1-c1cc(Cl)ccc1[N+](=O)[O-]. The van der Waals surface area contributed by atoms with E-state index in [0.717, 1.165) is 6.07 Å². The van der Waals surface area contributed by atoms with Gasteiger partial charge in [-0.1, -0.05) is 11.6 Å². The number of nitro groups is 1. The molecular weight excluding hydrogens is 310 g/mol. The first-order valence-corrected chi connectivity index (χ1v) is 6.08. The summed E-state index contributed by atoms with van der Waals surface area (Å²) in [6, 6.07) is 6.99. The second-order valence-corrected chi connectivity index (χ2v) is 4.57. The lowest BCUT2D eigenvalue weighted by Gasteiger charge is -2.09. The van der Waals surface area contributed by atoms with Crippen molar-refractivity contribution in [2.75, 3.05) is 5.73 Å². The van der Waals surface area contributed by atoms with Gasteiger partial charge in [-0.2, -0.15) is 10.5 Å². The average molecular weight is 316 g/mol. The molecule has 8 nitrogen and oxygen atoms in total. The molecule has 0 spiro atoms. The highest BCUT2D eigenvalue weighted by Gasteiger charge is 2.25. The lowest BCUT2D eigenvalue weighted by atomic mass is 9.95. The lowest BCUT2D eigenvalue weighted by Crippen LogP contribution is -2.16. The molecule has 0 aliphatic rings. The molecule has 22 heavy (non-hydrogen) atoms. The van der Waals surface area contributed by atoms with Crippen LogP contribution in [0.2, 0.25) is 5.02 Å². The number of H-pyrrole nitrogens is 1. The van der Waals surface area contributed by atoms with Crippen LogP contribution in [0, 0.1) is 32.8 Å². The van der Waals surface area contributed by atoms with Crippen molar-refractivity contribution in [2.24, 2.45) is 0 Å². The predicted octanol–water partition coefficient (Wildman–Crippen LogP) is 1.93. The molecule has 1 aromatic heterocycles. The molecule has 0 saturated heterocycles. The van der Waals surface area contributed by atoms with Crippen LogP contribution in [0.1, 0.15) is 11.1 Å². The molecule has 108 valence electrons. The zero-order chi connectivity index (χ0) is 16.4. The Labute approximate surface area is 128 Å². The van der Waals surface area contributed by atoms with Gasteiger partial charge in [0.2, 0.25) is 0 Å². The highest BCUT2D eigenvalue weighted by Crippen LogP contribution is 2.36. The number of anilines is 1. The average Bonchev–Trinajstić information content (AvgIpc) is 2.46. The zero-order valence-corrected chi connectivity index (χ0v) is 11.5. The third kappa shape index (κ3) is 2.35. The van der Waals surface area contributed by atoms with Crippen LogP contribution in [0.5, 0.6) is 0 Å². The molecule has 0 aliphatic carbocycles. The van der Waals surface area contributed by atoms with Gasteiger partial charge in [0.15, 0.2) is 0 Å². The maximum Gasteiger partial charge on any atom is 0.277 e. The fraction of sp³-hybridized carbons (Fsp3) is 0. The number of nitrogens with one attached hydrogen (secondary N) is 1. The van der Waals surface area contributed by atoms with Gasteiger partial charge in [0.1, 0.15) is 29.1 Å². The van der Waals surface area contributed by atoms with Gasteiger partial charge in [0.05, 0.1) is 10.5 Å². The van der Waals surface area contributed by atoms with Crippen molar-refractivity contribution in [3.8, 4) is 23.3 Å². The largest absolute Gasteiger partial charge is 0.384 e. The Kier molecular flexibility index (Phi) is 3.80. The van der Waals surface area contributed by atoms with E-state index in [-0.39, 0.29) is 27.5 Å². The number of nitrogens with two attached hydrogens (primary N) is 1. The van der Waals surface area contributed by atoms with Crippen molar-refractivity contribution in [1.29, 1.82) is 10.5 Å². The fourth-order valence-electron chi connectivity index (χ4n) is 1.98. The number of halogens is 1. The smallest absolute Gasteiger partial charge is 0.277 e. The number of nitro benzene ring substituents is 1. The maximum atomic E-state index is 11.8. The van der Waals surface area contributed by atoms with Crippen LogP contribution < -0.4 is 11.3 Å². The summed E-state index contributed by atoms with van der Waals surface area (Å²) < 4.78 is 0. The minimum Gasteiger partial charge on any atom is -0.384 e. The standard InChI is InChI=1S/C13H6ClN5O3/c14-6-1-2-10(19(21)22)7(3-6)11-8(4-15)12(17)18-13(20)9(11)5-16/h1-3H,(H3,17,18,20). The zero-order valence-electron chi connectivity index (χ0n) is 10.8. The minimum absolute atomic E-state index is 0.122. The van der Waals surface area contributed by atoms with Gasteiger partial charge in [-0.15, -0.1) is 0 Å². The number of aromatic nitrogens is 1. The van der Waals surface area contributed by atoms with Crippen LogP contribution in [0.25, 0.3) is 11.1 Å². The summed E-state index contributed by atoms with van der Waals surface area (Å²) in [6.45, 7) is 0. The molecular formula is C13H6ClN5O3. The monoisotopic (exact) mass is 315 g/mol. The van der Waals surface area contributed by atoms with Gasteiger partial charge in [-0.25, -0.2) is 0 Å². The molecule has 0 bridgehead atoms. The number of rotatable bonds is 2. The molecule has 2 aromatic rings. The van der Waals surface area contributed by atoms with Crippen molar-refractivity contribution in [3.05, 3.63) is 54.8 Å². The van der Waals surface area contributed by atoms with Crippen LogP contribution in [-0.2, 0) is 0 Å². The van der Waals surface area contributed by atoms with E-state index in [4.69, 9.17) is 22.6 Å². The molecule has 3 N–H and O–H groups in total. The van der Waals surface area contributed by atoms with E-state index in [1.165, 1.54) is 12.1 Å². The van der Waals surface area contributed by atoms with Crippen molar-refractivity contribution < 1.29 is 4.92 Å². The van der Waals surface area contributed by atoms with Crippen LogP contribution >= 0.6 is 11.6 Å². The van der Waals surface area contributed by atoms with Crippen molar-refractivity contribution in [1.82, 2.24) is 4.98 Å². The minimum atomic E-state index is -0.844. The molecule has 0 radical (unpaired) electrons. The molecule has 0 unspecified atom stereocenters. The summed E-state index contributed by atoms with van der Waals surface area (Å²) in [4.78, 5) is 24.4. The number of nitrogens with zero attached hydrogens (tertiary/aromatic N) is 3. The van der Waals surface area contributed by atoms with Crippen molar-refractivity contribution in [3.63, 3.8) is 0 Å². The lowest BCUT2D eigenvalue weighted by molar-refractivity contribution is -0.384. The summed E-state index contributed by atoms with van der Waals surface area (Å²) in [6.07, 6.45) is 0. The number of hydrogen-bond donors (Lipinski definition) is 2. The quantitative estimate of drug-likeness (QED) is 0.638. The topological polar surface area (TPSA) is 150 Å². The van der Waals surface area contributed by atoms with Gasteiger partial charge >= 0.3 is 0 Å². The summed E-state index contributed by atoms with van der Waals surface area (Å²) in [5.74, 6) is -0.282. The van der Waals surface area contributed by atoms with Crippen LogP contribution in [-0.4, -0.2) is 9.91 Å². The van der Waals surface area contributed by atoms with Gasteiger partial charge < -0.3 is 10.7 Å². The van der Waals surface area contributed by atoms with E-state index < -0.39 is 21.7 Å². The Hall–Kier alpha value is -3.36. The predicted molar refractivity (Wildman–Crippen MR) is 78.0 cm³/mol. The Morgan fingerprint density at radius 3 is 2.45 bits per heavy atom. The molecule has 2 rings (SSSR count). The van der Waals surface area contributed by atoms with Crippen molar-refractivity contribution in [2.45, 2.75) is 0 Å². The summed E-state index contributed by atoms with van der Waals surface area (Å²) in [5.41, 5.74) is 3.31. The third-order valence-electron chi connectivity index (χ3n) is 2.89. The summed E-state index contributed by atoms with van der Waals surface area (Å²) in [5, 5.41) is 29.7. The highest BCUT2D eigenvalue weighted by atomic mass is 35.5. The second kappa shape index (κ2) is 5.56. The van der Waals surface area contributed by atoms with Crippen molar-refractivity contribution >= 4 is 23.1 Å². The Bertz CT molecular complexity index is 936. The third-order valence-corrected chi connectivity index (χ3v) is 3.13. The molecule has 1 heterocycles. The van der Waals surface area contributed by atoms with Crippen LogP contribution in [0.4, 0.5) is 11.5 Å². The maximum absolute atomic E-state index is 11.8. The first-order valence-electron chi connectivity index (χ1n) is 5.71. The number of aromatic amines is 1. The molecule has 0 aliphatic heterocycles. The molecule has 9 heteroatoms. The number of pyridine rings is 1. The van der Waals surface area contributed by atoms with Gasteiger partial charge in [-0.05, 0) is 12.1 Å². The Morgan fingerprint density at radius 2 is 1.91 bits per heavy atom. The molecule has 0 atom stereocenters. The first kappa shape index (κ1) is 15.0. The van der Waals surface area contributed by atoms with E-state index in [0.29, 0.717) is 0 Å². The molecule has 0 fully saturated rings. The highest BCUT2D eigenvalue weighted by molar-refractivity contribution is 6.31. The van der Waals surface area contributed by atoms with Gasteiger partial charge in [0, 0.05) is 16.7 Å². The number of hydrogen-bond acceptors (Lipinski definition) is 6. The van der Waals surface area contributed by atoms with E-state index >= 15 is 0 Å². The van der Waals surface area contributed by atoms with Gasteiger partial charge in [-0.3, -0.25) is 14.9 Å².